The van der Waals surface area contributed by atoms with Crippen molar-refractivity contribution in [2.45, 2.75) is 25.8 Å². The second-order valence-corrected chi connectivity index (χ2v) is 3.22. The molecule has 1 aliphatic rings. The lowest BCUT2D eigenvalue weighted by Crippen LogP contribution is -2.37. The average Bonchev–Trinajstić information content (AvgIpc) is 2.03. The van der Waals surface area contributed by atoms with Gasteiger partial charge in [0.2, 0.25) is 0 Å². The summed E-state index contributed by atoms with van der Waals surface area (Å²) in [7, 11) is 0. The first-order valence-corrected chi connectivity index (χ1v) is 4.02. The second-order valence-electron chi connectivity index (χ2n) is 3.22. The SMILES string of the molecule is CC1CC(NC=C(C#N)C#N)C1. The lowest BCUT2D eigenvalue weighted by molar-refractivity contribution is 0.261. The molecule has 1 aliphatic carbocycles. The van der Waals surface area contributed by atoms with Crippen LogP contribution < -0.4 is 5.32 Å². The third kappa shape index (κ3) is 2.00. The van der Waals surface area contributed by atoms with Crippen molar-refractivity contribution in [1.82, 2.24) is 5.32 Å². The molecule has 0 amide bonds. The Balaban J connectivity index is 2.31. The average molecular weight is 161 g/mol. The summed E-state index contributed by atoms with van der Waals surface area (Å²) >= 11 is 0. The largest absolute Gasteiger partial charge is 0.386 e. The lowest BCUT2D eigenvalue weighted by Gasteiger charge is -2.32. The van der Waals surface area contributed by atoms with Crippen LogP contribution in [0.3, 0.4) is 0 Å². The number of allylic oxidation sites excluding steroid dienone is 1. The van der Waals surface area contributed by atoms with Crippen LogP contribution in [0, 0.1) is 28.6 Å². The molecule has 1 saturated carbocycles. The van der Waals surface area contributed by atoms with Gasteiger partial charge in [-0.05, 0) is 18.8 Å². The molecule has 0 unspecified atom stereocenters. The van der Waals surface area contributed by atoms with Crippen molar-refractivity contribution in [3.8, 4) is 12.1 Å². The number of nitrogens with zero attached hydrogens (tertiary/aromatic N) is 2. The Morgan fingerprint density at radius 2 is 2.00 bits per heavy atom. The van der Waals surface area contributed by atoms with Gasteiger partial charge in [0.05, 0.1) is 0 Å². The van der Waals surface area contributed by atoms with E-state index in [1.54, 1.807) is 12.1 Å². The molecule has 0 aliphatic heterocycles. The van der Waals surface area contributed by atoms with Gasteiger partial charge in [0, 0.05) is 12.2 Å². The maximum absolute atomic E-state index is 8.40. The highest BCUT2D eigenvalue weighted by atomic mass is 14.9. The summed E-state index contributed by atoms with van der Waals surface area (Å²) in [5.41, 5.74) is 0.148. The van der Waals surface area contributed by atoms with Crippen LogP contribution in [0.4, 0.5) is 0 Å². The van der Waals surface area contributed by atoms with Crippen molar-refractivity contribution in [3.05, 3.63) is 11.8 Å². The van der Waals surface area contributed by atoms with Gasteiger partial charge in [0.1, 0.15) is 17.7 Å². The van der Waals surface area contributed by atoms with E-state index >= 15 is 0 Å². The normalized spacial score (nSPS) is 25.9. The summed E-state index contributed by atoms with van der Waals surface area (Å²) in [4.78, 5) is 0. The van der Waals surface area contributed by atoms with E-state index in [0.717, 1.165) is 18.8 Å². The summed E-state index contributed by atoms with van der Waals surface area (Å²) in [6.07, 6.45) is 3.79. The van der Waals surface area contributed by atoms with Crippen molar-refractivity contribution >= 4 is 0 Å². The molecule has 0 heterocycles. The zero-order valence-corrected chi connectivity index (χ0v) is 7.04. The molecule has 0 aromatic carbocycles. The van der Waals surface area contributed by atoms with Crippen molar-refractivity contribution in [1.29, 1.82) is 10.5 Å². The Hall–Kier alpha value is -1.48. The summed E-state index contributed by atoms with van der Waals surface area (Å²) in [5, 5.41) is 19.8. The Labute approximate surface area is 72.3 Å². The van der Waals surface area contributed by atoms with Crippen LogP contribution in [0.15, 0.2) is 11.8 Å². The van der Waals surface area contributed by atoms with Crippen LogP contribution in [0.2, 0.25) is 0 Å². The van der Waals surface area contributed by atoms with E-state index in [2.05, 4.69) is 12.2 Å². The fourth-order valence-electron chi connectivity index (χ4n) is 1.33. The fourth-order valence-corrected chi connectivity index (χ4v) is 1.33. The third-order valence-electron chi connectivity index (χ3n) is 2.08. The van der Waals surface area contributed by atoms with E-state index in [4.69, 9.17) is 10.5 Å². The summed E-state index contributed by atoms with van der Waals surface area (Å²) in [6, 6.07) is 4.08. The van der Waals surface area contributed by atoms with Gasteiger partial charge < -0.3 is 5.32 Å². The maximum atomic E-state index is 8.40. The van der Waals surface area contributed by atoms with Gasteiger partial charge in [0.15, 0.2) is 0 Å². The third-order valence-corrected chi connectivity index (χ3v) is 2.08. The highest BCUT2D eigenvalue weighted by Crippen LogP contribution is 2.26. The highest BCUT2D eigenvalue weighted by molar-refractivity contribution is 5.34. The van der Waals surface area contributed by atoms with E-state index < -0.39 is 0 Å². The van der Waals surface area contributed by atoms with Crippen LogP contribution in [-0.4, -0.2) is 6.04 Å². The Morgan fingerprint density at radius 1 is 1.42 bits per heavy atom. The van der Waals surface area contributed by atoms with Crippen molar-refractivity contribution in [2.24, 2.45) is 5.92 Å². The molecule has 0 bridgehead atoms. The molecular weight excluding hydrogens is 150 g/mol. The minimum atomic E-state index is 0.148. The number of hydrogen-bond acceptors (Lipinski definition) is 3. The first-order chi connectivity index (χ1) is 5.76. The van der Waals surface area contributed by atoms with Gasteiger partial charge in [0.25, 0.3) is 0 Å². The van der Waals surface area contributed by atoms with Gasteiger partial charge in [-0.2, -0.15) is 10.5 Å². The quantitative estimate of drug-likeness (QED) is 0.621. The standard InChI is InChI=1S/C9H11N3/c1-7-2-9(3-7)12-6-8(4-10)5-11/h6-7,9,12H,2-3H2,1H3. The van der Waals surface area contributed by atoms with Gasteiger partial charge in [-0.15, -0.1) is 0 Å². The molecule has 12 heavy (non-hydrogen) atoms. The van der Waals surface area contributed by atoms with E-state index in [0.29, 0.717) is 6.04 Å². The molecule has 0 spiro atoms. The van der Waals surface area contributed by atoms with Crippen LogP contribution in [-0.2, 0) is 0 Å². The highest BCUT2D eigenvalue weighted by Gasteiger charge is 2.23. The molecule has 0 saturated heterocycles. The molecule has 0 atom stereocenters. The number of nitrogens with one attached hydrogen (secondary N) is 1. The fraction of sp³-hybridized carbons (Fsp3) is 0.556. The molecular formula is C9H11N3. The first kappa shape index (κ1) is 8.62. The molecule has 1 N–H and O–H groups in total. The molecule has 0 aromatic rings. The van der Waals surface area contributed by atoms with Gasteiger partial charge in [-0.3, -0.25) is 0 Å². The van der Waals surface area contributed by atoms with E-state index in [9.17, 15) is 0 Å². The predicted molar refractivity (Wildman–Crippen MR) is 44.6 cm³/mol. The minimum Gasteiger partial charge on any atom is -0.386 e. The zero-order chi connectivity index (χ0) is 8.97. The van der Waals surface area contributed by atoms with Crippen molar-refractivity contribution < 1.29 is 0 Å². The summed E-state index contributed by atoms with van der Waals surface area (Å²) in [6.45, 7) is 2.19. The number of hydrogen-bond donors (Lipinski definition) is 1. The molecule has 62 valence electrons. The van der Waals surface area contributed by atoms with E-state index in [1.807, 2.05) is 0 Å². The van der Waals surface area contributed by atoms with Crippen LogP contribution in [0.5, 0.6) is 0 Å². The number of nitriles is 2. The zero-order valence-electron chi connectivity index (χ0n) is 7.04. The number of rotatable bonds is 2. The Bertz CT molecular complexity index is 244. The molecule has 3 nitrogen and oxygen atoms in total. The molecule has 0 aromatic heterocycles. The van der Waals surface area contributed by atoms with Crippen LogP contribution in [0.1, 0.15) is 19.8 Å². The summed E-state index contributed by atoms with van der Waals surface area (Å²) in [5.74, 6) is 0.781. The molecule has 0 radical (unpaired) electrons. The molecule has 1 fully saturated rings. The first-order valence-electron chi connectivity index (χ1n) is 4.02. The van der Waals surface area contributed by atoms with E-state index in [-0.39, 0.29) is 5.57 Å². The van der Waals surface area contributed by atoms with Gasteiger partial charge in [-0.25, -0.2) is 0 Å². The van der Waals surface area contributed by atoms with Crippen molar-refractivity contribution in [3.63, 3.8) is 0 Å². The van der Waals surface area contributed by atoms with Crippen LogP contribution in [0.25, 0.3) is 0 Å². The topological polar surface area (TPSA) is 59.6 Å². The monoisotopic (exact) mass is 161 g/mol. The summed E-state index contributed by atoms with van der Waals surface area (Å²) < 4.78 is 0. The predicted octanol–water partition coefficient (Wildman–Crippen LogP) is 1.31. The second kappa shape index (κ2) is 3.78. The van der Waals surface area contributed by atoms with Gasteiger partial charge >= 0.3 is 0 Å². The Morgan fingerprint density at radius 3 is 2.42 bits per heavy atom. The molecule has 1 rings (SSSR count). The van der Waals surface area contributed by atoms with Crippen molar-refractivity contribution in [2.75, 3.05) is 0 Å². The van der Waals surface area contributed by atoms with Crippen LogP contribution >= 0.6 is 0 Å². The maximum Gasteiger partial charge on any atom is 0.145 e. The minimum absolute atomic E-state index is 0.148. The van der Waals surface area contributed by atoms with E-state index in [1.165, 1.54) is 6.20 Å². The smallest absolute Gasteiger partial charge is 0.145 e. The Kier molecular flexibility index (Phi) is 2.71. The molecule has 3 heteroatoms. The van der Waals surface area contributed by atoms with Gasteiger partial charge in [-0.1, -0.05) is 6.92 Å². The lowest BCUT2D eigenvalue weighted by atomic mass is 9.82.